The molecule has 2 aromatic rings. The first-order valence-corrected chi connectivity index (χ1v) is 16.1. The molecule has 0 heterocycles. The highest BCUT2D eigenvalue weighted by Gasteiger charge is 2.35. The second-order valence-corrected chi connectivity index (χ2v) is 11.7. The van der Waals surface area contributed by atoms with Crippen LogP contribution in [0.15, 0.2) is 54.6 Å². The lowest BCUT2D eigenvalue weighted by Crippen LogP contribution is -2.61. The summed E-state index contributed by atoms with van der Waals surface area (Å²) in [4.78, 5) is 98.7. The summed E-state index contributed by atoms with van der Waals surface area (Å²) in [6.07, 6.45) is -4.24. The Bertz CT molecular complexity index is 1590. The van der Waals surface area contributed by atoms with Gasteiger partial charge in [-0.3, -0.25) is 38.9 Å². The third-order valence-electron chi connectivity index (χ3n) is 7.68. The van der Waals surface area contributed by atoms with Crippen molar-refractivity contribution in [3.05, 3.63) is 70.3 Å². The number of benzene rings is 2. The summed E-state index contributed by atoms with van der Waals surface area (Å²) in [5.41, 5.74) is 0.436. The molecule has 0 aromatic heterocycles. The molecule has 52 heavy (non-hydrogen) atoms. The number of nitrogens with one attached hydrogen (secondary N) is 5. The van der Waals surface area contributed by atoms with Crippen molar-refractivity contribution >= 4 is 53.0 Å². The summed E-state index contributed by atoms with van der Waals surface area (Å²) in [6, 6.07) is 6.79. The van der Waals surface area contributed by atoms with Crippen LogP contribution in [0.3, 0.4) is 0 Å². The third kappa shape index (κ3) is 14.0. The first-order valence-electron chi connectivity index (χ1n) is 16.1. The number of aliphatic hydroxyl groups excluding tert-OH is 1. The number of carbonyl (C=O) groups is 7. The number of aliphatic hydroxyl groups is 1. The molecular weight excluding hydrogens is 688 g/mol. The van der Waals surface area contributed by atoms with E-state index >= 15 is 0 Å². The second-order valence-electron chi connectivity index (χ2n) is 11.7. The van der Waals surface area contributed by atoms with Gasteiger partial charge in [0.05, 0.1) is 17.4 Å². The molecule has 0 saturated heterocycles. The van der Waals surface area contributed by atoms with Crippen LogP contribution in [0.5, 0.6) is 0 Å². The van der Waals surface area contributed by atoms with Crippen LogP contribution in [0.2, 0.25) is 0 Å². The van der Waals surface area contributed by atoms with Gasteiger partial charge in [-0.15, -0.1) is 0 Å². The number of alkyl carbamates (subject to hydrolysis) is 1. The SMILES string of the molecule is CCC(C)C(NC(=O)OCc1ccccc1)C(=O)NC(CCC(=O)O)C(=O)NC(C(=O)NC(CC(=O)O)C(=O)Nc1ccc([N+](=O)[O-])cc1)C(C)O. The van der Waals surface area contributed by atoms with Crippen LogP contribution in [0, 0.1) is 16.0 Å². The van der Waals surface area contributed by atoms with Gasteiger partial charge in [0, 0.05) is 24.2 Å². The Kier molecular flexibility index (Phi) is 16.6. The molecule has 0 saturated carbocycles. The molecule has 8 N–H and O–H groups in total. The number of aliphatic carboxylic acids is 2. The first-order chi connectivity index (χ1) is 24.5. The van der Waals surface area contributed by atoms with Crippen LogP contribution in [-0.4, -0.2) is 92.2 Å². The standard InChI is InChI=1S/C33H42N6O13/c1-4-18(2)27(38-33(49)52-17-20-8-6-5-7-9-20)31(47)35-23(14-15-25(41)42)29(45)37-28(19(3)40)32(48)36-24(16-26(43)44)30(46)34-21-10-12-22(13-11-21)39(50)51/h5-13,18-19,23-24,27-28,40H,4,14-17H2,1-3H3,(H,34,46)(H,35,47)(H,36,48)(H,37,45)(H,38,49)(H,41,42)(H,43,44). The monoisotopic (exact) mass is 730 g/mol. The number of non-ortho nitro benzene ring substituents is 1. The van der Waals surface area contributed by atoms with Gasteiger partial charge >= 0.3 is 18.0 Å². The minimum Gasteiger partial charge on any atom is -0.481 e. The summed E-state index contributed by atoms with van der Waals surface area (Å²) < 4.78 is 5.21. The number of nitrogens with zero attached hydrogens (tertiary/aromatic N) is 1. The number of nitro benzene ring substituents is 1. The first kappa shape index (κ1) is 42.1. The van der Waals surface area contributed by atoms with E-state index in [1.165, 1.54) is 12.1 Å². The molecule has 19 nitrogen and oxygen atoms in total. The predicted molar refractivity (Wildman–Crippen MR) is 181 cm³/mol. The Morgan fingerprint density at radius 1 is 0.769 bits per heavy atom. The molecule has 0 radical (unpaired) electrons. The molecule has 2 aromatic carbocycles. The highest BCUT2D eigenvalue weighted by atomic mass is 16.6. The van der Waals surface area contributed by atoms with Gasteiger partial charge < -0.3 is 46.6 Å². The fourth-order valence-corrected chi connectivity index (χ4v) is 4.59. The van der Waals surface area contributed by atoms with Crippen LogP contribution in [0.25, 0.3) is 0 Å². The second kappa shape index (κ2) is 20.5. The average Bonchev–Trinajstić information content (AvgIpc) is 3.09. The molecule has 2 rings (SSSR count). The zero-order valence-electron chi connectivity index (χ0n) is 28.6. The van der Waals surface area contributed by atoms with Crippen LogP contribution in [0.1, 0.15) is 52.0 Å². The topological polar surface area (TPSA) is 293 Å². The number of ether oxygens (including phenoxy) is 1. The Balaban J connectivity index is 2.21. The number of amides is 5. The maximum absolute atomic E-state index is 13.4. The van der Waals surface area contributed by atoms with E-state index in [2.05, 4.69) is 26.6 Å². The Labute approximate surface area is 297 Å². The molecule has 0 fully saturated rings. The van der Waals surface area contributed by atoms with E-state index in [0.29, 0.717) is 12.0 Å². The van der Waals surface area contributed by atoms with Crippen molar-refractivity contribution in [3.8, 4) is 0 Å². The van der Waals surface area contributed by atoms with Crippen molar-refractivity contribution in [3.63, 3.8) is 0 Å². The summed E-state index contributed by atoms with van der Waals surface area (Å²) in [7, 11) is 0. The van der Waals surface area contributed by atoms with Crippen LogP contribution < -0.4 is 26.6 Å². The number of carboxylic acids is 2. The molecule has 0 aliphatic carbocycles. The number of anilines is 1. The average molecular weight is 731 g/mol. The lowest BCUT2D eigenvalue weighted by atomic mass is 9.97. The maximum atomic E-state index is 13.4. The maximum Gasteiger partial charge on any atom is 0.408 e. The number of carbonyl (C=O) groups excluding carboxylic acids is 5. The lowest BCUT2D eigenvalue weighted by molar-refractivity contribution is -0.384. The number of hydrogen-bond donors (Lipinski definition) is 8. The Morgan fingerprint density at radius 2 is 1.37 bits per heavy atom. The minimum absolute atomic E-state index is 0.0345. The highest BCUT2D eigenvalue weighted by molar-refractivity contribution is 6.00. The summed E-state index contributed by atoms with van der Waals surface area (Å²) >= 11 is 0. The summed E-state index contributed by atoms with van der Waals surface area (Å²) in [6.45, 7) is 4.39. The van der Waals surface area contributed by atoms with Gasteiger partial charge in [0.25, 0.3) is 5.69 Å². The van der Waals surface area contributed by atoms with Crippen LogP contribution >= 0.6 is 0 Å². The molecule has 6 atom stereocenters. The molecular formula is C33H42N6O13. The van der Waals surface area contributed by atoms with Gasteiger partial charge in [-0.05, 0) is 37.0 Å². The van der Waals surface area contributed by atoms with Crippen molar-refractivity contribution in [2.45, 2.75) is 83.3 Å². The van der Waals surface area contributed by atoms with Crippen molar-refractivity contribution in [2.24, 2.45) is 5.92 Å². The fourth-order valence-electron chi connectivity index (χ4n) is 4.59. The van der Waals surface area contributed by atoms with E-state index in [9.17, 15) is 59.0 Å². The fraction of sp³-hybridized carbons (Fsp3) is 0.424. The third-order valence-corrected chi connectivity index (χ3v) is 7.68. The lowest BCUT2D eigenvalue weighted by Gasteiger charge is -2.28. The van der Waals surface area contributed by atoms with E-state index in [1.54, 1.807) is 44.2 Å². The van der Waals surface area contributed by atoms with Crippen molar-refractivity contribution in [2.75, 3.05) is 5.32 Å². The van der Waals surface area contributed by atoms with E-state index < -0.39 is 102 Å². The molecule has 0 aliphatic heterocycles. The molecule has 0 bridgehead atoms. The summed E-state index contributed by atoms with van der Waals surface area (Å²) in [5, 5.41) is 51.4. The predicted octanol–water partition coefficient (Wildman–Crippen LogP) is 1.05. The van der Waals surface area contributed by atoms with E-state index in [0.717, 1.165) is 19.1 Å². The number of carboxylic acid groups (broad SMARTS) is 2. The number of rotatable bonds is 20. The number of nitro groups is 1. The van der Waals surface area contributed by atoms with E-state index in [1.807, 2.05) is 0 Å². The van der Waals surface area contributed by atoms with Gasteiger partial charge in [0.2, 0.25) is 23.6 Å². The van der Waals surface area contributed by atoms with Gasteiger partial charge in [-0.2, -0.15) is 0 Å². The van der Waals surface area contributed by atoms with Gasteiger partial charge in [-0.25, -0.2) is 4.79 Å². The molecule has 6 unspecified atom stereocenters. The van der Waals surface area contributed by atoms with E-state index in [4.69, 9.17) is 4.74 Å². The minimum atomic E-state index is -1.84. The normalized spacial score (nSPS) is 14.2. The Morgan fingerprint density at radius 3 is 1.90 bits per heavy atom. The number of hydrogen-bond acceptors (Lipinski definition) is 11. The molecule has 19 heteroatoms. The smallest absolute Gasteiger partial charge is 0.408 e. The van der Waals surface area contributed by atoms with E-state index in [-0.39, 0.29) is 18.0 Å². The van der Waals surface area contributed by atoms with Gasteiger partial charge in [0.15, 0.2) is 0 Å². The molecule has 282 valence electrons. The van der Waals surface area contributed by atoms with Crippen LogP contribution in [0.4, 0.5) is 16.2 Å². The van der Waals surface area contributed by atoms with Crippen LogP contribution in [-0.2, 0) is 40.1 Å². The summed E-state index contributed by atoms with van der Waals surface area (Å²) in [5.74, 6) is -7.57. The quantitative estimate of drug-likeness (QED) is 0.0699. The molecule has 5 amide bonds. The largest absolute Gasteiger partial charge is 0.481 e. The molecule has 0 aliphatic rings. The van der Waals surface area contributed by atoms with Gasteiger partial charge in [-0.1, -0.05) is 50.6 Å². The van der Waals surface area contributed by atoms with Crippen molar-refractivity contribution < 1.29 is 58.5 Å². The zero-order valence-corrected chi connectivity index (χ0v) is 28.6. The highest BCUT2D eigenvalue weighted by Crippen LogP contribution is 2.16. The van der Waals surface area contributed by atoms with Crippen molar-refractivity contribution in [1.82, 2.24) is 21.3 Å². The van der Waals surface area contributed by atoms with Gasteiger partial charge in [0.1, 0.15) is 30.8 Å². The zero-order chi connectivity index (χ0) is 39.0. The molecule has 0 spiro atoms. The Hall–Kier alpha value is -6.11. The van der Waals surface area contributed by atoms with Crippen molar-refractivity contribution in [1.29, 1.82) is 0 Å².